The van der Waals surface area contributed by atoms with Crippen LogP contribution in [0.3, 0.4) is 0 Å². The summed E-state index contributed by atoms with van der Waals surface area (Å²) in [5.41, 5.74) is 1.30. The predicted octanol–water partition coefficient (Wildman–Crippen LogP) is 2.60. The van der Waals surface area contributed by atoms with Crippen LogP contribution in [0.25, 0.3) is 0 Å². The molecule has 2 aliphatic heterocycles. The molecule has 16 heavy (non-hydrogen) atoms. The van der Waals surface area contributed by atoms with Gasteiger partial charge in [0.2, 0.25) is 0 Å². The van der Waals surface area contributed by atoms with E-state index in [0.717, 1.165) is 30.9 Å². The zero-order valence-electron chi connectivity index (χ0n) is 10.1. The first-order valence-electron chi connectivity index (χ1n) is 6.44. The zero-order valence-corrected chi connectivity index (χ0v) is 10.1. The number of hydrogen-bond donors (Lipinski definition) is 0. The highest BCUT2D eigenvalue weighted by Gasteiger charge is 2.36. The van der Waals surface area contributed by atoms with Crippen LogP contribution in [-0.2, 0) is 4.74 Å². The Bertz CT molecular complexity index is 346. The predicted molar refractivity (Wildman–Crippen MR) is 63.8 cm³/mol. The lowest BCUT2D eigenvalue weighted by Gasteiger charge is -2.25. The van der Waals surface area contributed by atoms with Gasteiger partial charge in [0.15, 0.2) is 0 Å². The lowest BCUT2D eigenvalue weighted by molar-refractivity contribution is 0.318. The van der Waals surface area contributed by atoms with E-state index in [1.54, 1.807) is 0 Å². The Hall–Kier alpha value is -0.990. The molecule has 0 N–H and O–H groups in total. The van der Waals surface area contributed by atoms with E-state index in [2.05, 4.69) is 23.7 Å². The van der Waals surface area contributed by atoms with Crippen LogP contribution in [0.2, 0.25) is 0 Å². The van der Waals surface area contributed by atoms with E-state index >= 15 is 0 Å². The van der Waals surface area contributed by atoms with Gasteiger partial charge in [-0.1, -0.05) is 20.3 Å². The lowest BCUT2D eigenvalue weighted by Crippen LogP contribution is -2.32. The van der Waals surface area contributed by atoms with E-state index in [1.807, 2.05) is 6.26 Å². The fourth-order valence-corrected chi connectivity index (χ4v) is 3.13. The molecule has 0 aromatic carbocycles. The van der Waals surface area contributed by atoms with Crippen LogP contribution >= 0.6 is 0 Å². The molecule has 2 atom stereocenters. The number of allylic oxidation sites excluding steroid dienone is 1. The molecule has 0 aromatic rings. The number of hydrogen-bond acceptors (Lipinski definition) is 3. The monoisotopic (exact) mass is 220 g/mol. The van der Waals surface area contributed by atoms with Crippen LogP contribution in [0.4, 0.5) is 0 Å². The Balaban J connectivity index is 1.84. The van der Waals surface area contributed by atoms with Crippen molar-refractivity contribution in [3.8, 4) is 0 Å². The molecule has 3 aliphatic rings. The zero-order chi connectivity index (χ0) is 11.1. The van der Waals surface area contributed by atoms with Gasteiger partial charge in [0.25, 0.3) is 6.02 Å². The fourth-order valence-electron chi connectivity index (χ4n) is 3.13. The normalized spacial score (nSPS) is 32.8. The highest BCUT2D eigenvalue weighted by atomic mass is 16.5. The van der Waals surface area contributed by atoms with Crippen LogP contribution in [-0.4, -0.2) is 24.0 Å². The van der Waals surface area contributed by atoms with Crippen molar-refractivity contribution < 1.29 is 4.74 Å². The van der Waals surface area contributed by atoms with Crippen molar-refractivity contribution in [2.45, 2.75) is 33.1 Å². The van der Waals surface area contributed by atoms with Crippen molar-refractivity contribution in [3.63, 3.8) is 0 Å². The quantitative estimate of drug-likeness (QED) is 0.678. The molecule has 1 fully saturated rings. The molecule has 0 spiro atoms. The average Bonchev–Trinajstić information content (AvgIpc) is 2.81. The number of aliphatic imine (C=N–C) groups is 1. The molecule has 3 heteroatoms. The first kappa shape index (κ1) is 10.2. The first-order chi connectivity index (χ1) is 7.75. The summed E-state index contributed by atoms with van der Waals surface area (Å²) in [4.78, 5) is 6.94. The topological polar surface area (TPSA) is 24.8 Å². The Morgan fingerprint density at radius 3 is 3.00 bits per heavy atom. The molecule has 3 rings (SSSR count). The molecular weight excluding hydrogens is 200 g/mol. The van der Waals surface area contributed by atoms with Gasteiger partial charge in [-0.3, -0.25) is 4.90 Å². The molecule has 0 aromatic heterocycles. The van der Waals surface area contributed by atoms with E-state index in [1.165, 1.54) is 25.0 Å². The third kappa shape index (κ3) is 1.53. The van der Waals surface area contributed by atoms with Crippen LogP contribution in [0.1, 0.15) is 33.1 Å². The van der Waals surface area contributed by atoms with Crippen molar-refractivity contribution in [2.24, 2.45) is 22.7 Å². The molecule has 0 radical (unpaired) electrons. The molecule has 1 saturated carbocycles. The highest BCUT2D eigenvalue weighted by Crippen LogP contribution is 2.37. The number of amidine groups is 1. The standard InChI is InChI=1S/C13H20N2O/c1-9(2)12-8-16-13-14-6-10-4-3-5-11(10)7-15(12)13/h8-11H,3-7H2,1-2H3. The Morgan fingerprint density at radius 2 is 2.19 bits per heavy atom. The average molecular weight is 220 g/mol. The van der Waals surface area contributed by atoms with Gasteiger partial charge in [0, 0.05) is 13.1 Å². The summed E-state index contributed by atoms with van der Waals surface area (Å²) < 4.78 is 5.59. The third-order valence-corrected chi connectivity index (χ3v) is 4.11. The minimum Gasteiger partial charge on any atom is -0.432 e. The maximum atomic E-state index is 5.59. The van der Waals surface area contributed by atoms with Gasteiger partial charge in [-0.25, -0.2) is 4.99 Å². The summed E-state index contributed by atoms with van der Waals surface area (Å²) in [6, 6.07) is 0.845. The van der Waals surface area contributed by atoms with E-state index in [4.69, 9.17) is 4.74 Å². The highest BCUT2D eigenvalue weighted by molar-refractivity contribution is 5.79. The van der Waals surface area contributed by atoms with E-state index in [9.17, 15) is 0 Å². The summed E-state index contributed by atoms with van der Waals surface area (Å²) in [6.07, 6.45) is 6.00. The molecule has 2 unspecified atom stereocenters. The third-order valence-electron chi connectivity index (χ3n) is 4.11. The van der Waals surface area contributed by atoms with Crippen molar-refractivity contribution in [2.75, 3.05) is 13.1 Å². The van der Waals surface area contributed by atoms with Crippen LogP contribution in [0, 0.1) is 17.8 Å². The number of rotatable bonds is 1. The van der Waals surface area contributed by atoms with Gasteiger partial charge in [-0.2, -0.15) is 0 Å². The van der Waals surface area contributed by atoms with Crippen LogP contribution < -0.4 is 0 Å². The van der Waals surface area contributed by atoms with Crippen molar-refractivity contribution in [1.82, 2.24) is 4.90 Å². The maximum absolute atomic E-state index is 5.59. The van der Waals surface area contributed by atoms with Crippen molar-refractivity contribution in [1.29, 1.82) is 0 Å². The van der Waals surface area contributed by atoms with Gasteiger partial charge in [-0.15, -0.1) is 0 Å². The summed E-state index contributed by atoms with van der Waals surface area (Å²) in [5.74, 6) is 2.14. The van der Waals surface area contributed by atoms with Gasteiger partial charge in [-0.05, 0) is 30.6 Å². The Morgan fingerprint density at radius 1 is 1.38 bits per heavy atom. The molecule has 1 aliphatic carbocycles. The van der Waals surface area contributed by atoms with Crippen LogP contribution in [0.15, 0.2) is 17.0 Å². The summed E-state index contributed by atoms with van der Waals surface area (Å²) >= 11 is 0. The number of ether oxygens (including phenoxy) is 1. The minimum atomic E-state index is 0.519. The lowest BCUT2D eigenvalue weighted by atomic mass is 9.95. The number of fused-ring (bicyclic) bond motifs is 2. The largest absolute Gasteiger partial charge is 0.432 e. The molecule has 0 bridgehead atoms. The van der Waals surface area contributed by atoms with Crippen molar-refractivity contribution in [3.05, 3.63) is 12.0 Å². The van der Waals surface area contributed by atoms with Gasteiger partial charge in [0.1, 0.15) is 6.26 Å². The molecule has 88 valence electrons. The minimum absolute atomic E-state index is 0.519. The van der Waals surface area contributed by atoms with Gasteiger partial charge >= 0.3 is 0 Å². The summed E-state index contributed by atoms with van der Waals surface area (Å²) in [7, 11) is 0. The molecular formula is C13H20N2O. The SMILES string of the molecule is CC(C)C1=COC2=NCC3CCCC3CN12. The number of nitrogens with zero attached hydrogens (tertiary/aromatic N) is 2. The summed E-state index contributed by atoms with van der Waals surface area (Å²) in [6.45, 7) is 6.52. The van der Waals surface area contributed by atoms with E-state index in [-0.39, 0.29) is 0 Å². The maximum Gasteiger partial charge on any atom is 0.296 e. The smallest absolute Gasteiger partial charge is 0.296 e. The second kappa shape index (κ2) is 3.79. The molecule has 0 saturated heterocycles. The summed E-state index contributed by atoms with van der Waals surface area (Å²) in [5, 5.41) is 0. The molecule has 0 amide bonds. The second-order valence-corrected chi connectivity index (χ2v) is 5.50. The van der Waals surface area contributed by atoms with E-state index in [0.29, 0.717) is 5.92 Å². The molecule has 3 nitrogen and oxygen atoms in total. The Labute approximate surface area is 97.2 Å². The van der Waals surface area contributed by atoms with E-state index < -0.39 is 0 Å². The van der Waals surface area contributed by atoms with Gasteiger partial charge < -0.3 is 4.74 Å². The fraction of sp³-hybridized carbons (Fsp3) is 0.769. The molecule has 2 heterocycles. The van der Waals surface area contributed by atoms with Crippen molar-refractivity contribution >= 4 is 6.02 Å². The second-order valence-electron chi connectivity index (χ2n) is 5.50. The first-order valence-corrected chi connectivity index (χ1v) is 6.44. The van der Waals surface area contributed by atoms with Crippen LogP contribution in [0.5, 0.6) is 0 Å². The van der Waals surface area contributed by atoms with Gasteiger partial charge in [0.05, 0.1) is 5.70 Å². The Kier molecular flexibility index (Phi) is 2.41.